The Hall–Kier alpha value is 1.88. The van der Waals surface area contributed by atoms with Crippen molar-refractivity contribution in [2.24, 2.45) is 5.41 Å². The molecule has 0 rings (SSSR count). The van der Waals surface area contributed by atoms with Gasteiger partial charge in [0.25, 0.3) is 0 Å². The molecule has 0 bridgehead atoms. The van der Waals surface area contributed by atoms with Crippen molar-refractivity contribution in [3.8, 4) is 0 Å². The largest absolute Gasteiger partial charge is 0.545 e. The van der Waals surface area contributed by atoms with Crippen molar-refractivity contribution in [1.29, 1.82) is 0 Å². The van der Waals surface area contributed by atoms with Crippen molar-refractivity contribution >= 4 is 6.79 Å². The predicted octanol–water partition coefficient (Wildman–Crippen LogP) is 2.96. The molecule has 0 unspecified atom stereocenters. The Labute approximate surface area is 134 Å². The Morgan fingerprint density at radius 2 is 1.00 bits per heavy atom. The van der Waals surface area contributed by atoms with Crippen molar-refractivity contribution < 1.29 is 70.2 Å². The van der Waals surface area contributed by atoms with Gasteiger partial charge in [0.15, 0.2) is 0 Å². The third-order valence-corrected chi connectivity index (χ3v) is 2.50. The average Bonchev–Trinajstić information content (AvgIpc) is 1.91. The van der Waals surface area contributed by atoms with E-state index in [0.29, 0.717) is 5.41 Å². The molecular weight excluding hydrogens is 314 g/mol. The van der Waals surface area contributed by atoms with Gasteiger partial charge >= 0.3 is 0 Å². The Morgan fingerprint density at radius 1 is 0.846 bits per heavy atom. The maximum atomic E-state index is 7.75. The number of rotatable bonds is 2. The van der Waals surface area contributed by atoms with E-state index >= 15 is 0 Å². The first kappa shape index (κ1) is 24.2. The fourth-order valence-electron chi connectivity index (χ4n) is 0.500. The summed E-state index contributed by atoms with van der Waals surface area (Å²) in [5.41, 5.74) is 0.333. The first-order chi connectivity index (χ1) is 4.89. The minimum absolute atomic E-state index is 0. The maximum Gasteiger partial charge on any atom is 0 e. The molecular formula is C10H19OY2-3. The molecule has 0 amide bonds. The van der Waals surface area contributed by atoms with Crippen molar-refractivity contribution in [2.75, 3.05) is 0 Å². The molecule has 0 aromatic rings. The van der Waals surface area contributed by atoms with E-state index in [0.717, 1.165) is 0 Å². The number of hydrogen-bond donors (Lipinski definition) is 0. The molecule has 13 heavy (non-hydrogen) atoms. The third-order valence-electron chi connectivity index (χ3n) is 2.50. The van der Waals surface area contributed by atoms with Crippen LogP contribution in [0.5, 0.6) is 0 Å². The van der Waals surface area contributed by atoms with Gasteiger partial charge in [-0.1, -0.05) is 0 Å². The van der Waals surface area contributed by atoms with E-state index in [1.165, 1.54) is 11.8 Å². The Morgan fingerprint density at radius 3 is 1.00 bits per heavy atom. The first-order valence-corrected chi connectivity index (χ1v) is 3.74. The monoisotopic (exact) mass is 333 g/mol. The molecule has 0 heterocycles. The molecule has 74 valence electrons. The summed E-state index contributed by atoms with van der Waals surface area (Å²) in [4.78, 5) is 7.75. The summed E-state index contributed by atoms with van der Waals surface area (Å²) in [5.74, 6) is 2.98. The van der Waals surface area contributed by atoms with Gasteiger partial charge in [-0.25, -0.2) is 0 Å². The molecule has 0 saturated carbocycles. The van der Waals surface area contributed by atoms with Crippen LogP contribution in [-0.4, -0.2) is 6.79 Å². The SMILES string of the molecule is C[C-](C)C(C)(C)[C-](C)C.[CH-]=O.[Y].[Y]. The molecule has 0 aliphatic rings. The molecule has 0 aromatic heterocycles. The van der Waals surface area contributed by atoms with E-state index in [1.54, 1.807) is 0 Å². The summed E-state index contributed by atoms with van der Waals surface area (Å²) in [5, 5.41) is 0. The second kappa shape index (κ2) is 11.9. The second-order valence-electron chi connectivity index (χ2n) is 3.62. The van der Waals surface area contributed by atoms with E-state index in [-0.39, 0.29) is 65.4 Å². The summed E-state index contributed by atoms with van der Waals surface area (Å²) in [6, 6.07) is 0. The van der Waals surface area contributed by atoms with Gasteiger partial charge in [0.2, 0.25) is 0 Å². The van der Waals surface area contributed by atoms with Crippen molar-refractivity contribution in [3.05, 3.63) is 11.8 Å². The van der Waals surface area contributed by atoms with Gasteiger partial charge in [0.05, 0.1) is 0 Å². The first-order valence-electron chi connectivity index (χ1n) is 3.74. The van der Waals surface area contributed by atoms with Crippen LogP contribution in [-0.2, 0) is 70.2 Å². The molecule has 0 N–H and O–H groups in total. The Balaban J connectivity index is -0.0000000941. The minimum atomic E-state index is 0. The van der Waals surface area contributed by atoms with E-state index in [4.69, 9.17) is 4.79 Å². The molecule has 0 spiro atoms. The van der Waals surface area contributed by atoms with Gasteiger partial charge < -0.3 is 16.6 Å². The fourth-order valence-corrected chi connectivity index (χ4v) is 0.500. The summed E-state index contributed by atoms with van der Waals surface area (Å²) in [6.07, 6.45) is 0. The van der Waals surface area contributed by atoms with Crippen LogP contribution in [0.4, 0.5) is 0 Å². The quantitative estimate of drug-likeness (QED) is 0.561. The molecule has 0 fully saturated rings. The molecule has 0 saturated heterocycles. The number of carbonyl (C=O) groups excluding carboxylic acids is 1. The zero-order chi connectivity index (χ0) is 9.65. The molecule has 0 aliphatic carbocycles. The van der Waals surface area contributed by atoms with Crippen molar-refractivity contribution in [1.82, 2.24) is 0 Å². The van der Waals surface area contributed by atoms with E-state index in [1.807, 2.05) is 0 Å². The van der Waals surface area contributed by atoms with Crippen LogP contribution in [0.3, 0.4) is 0 Å². The van der Waals surface area contributed by atoms with Gasteiger partial charge in [-0.15, -0.1) is 13.8 Å². The van der Waals surface area contributed by atoms with Crippen LogP contribution < -0.4 is 0 Å². The zero-order valence-corrected chi connectivity index (χ0v) is 15.3. The van der Waals surface area contributed by atoms with E-state index in [2.05, 4.69) is 48.3 Å². The summed E-state index contributed by atoms with van der Waals surface area (Å²) < 4.78 is 0. The van der Waals surface area contributed by atoms with Crippen LogP contribution in [0.15, 0.2) is 0 Å². The molecule has 1 nitrogen and oxygen atoms in total. The Bertz CT molecular complexity index is 91.1. The average molecular weight is 333 g/mol. The van der Waals surface area contributed by atoms with Crippen LogP contribution in [0.25, 0.3) is 0 Å². The molecule has 0 atom stereocenters. The van der Waals surface area contributed by atoms with E-state index < -0.39 is 0 Å². The normalized spacial score (nSPS) is 9.54. The van der Waals surface area contributed by atoms with Gasteiger partial charge in [-0.3, -0.25) is 12.2 Å². The fraction of sp³-hybridized carbons (Fsp3) is 0.700. The molecule has 0 aromatic carbocycles. The predicted molar refractivity (Wildman–Crippen MR) is 49.7 cm³/mol. The van der Waals surface area contributed by atoms with Crippen molar-refractivity contribution in [2.45, 2.75) is 41.5 Å². The zero-order valence-electron chi connectivity index (χ0n) is 9.64. The molecule has 0 aliphatic heterocycles. The second-order valence-corrected chi connectivity index (χ2v) is 3.62. The van der Waals surface area contributed by atoms with Gasteiger partial charge in [0.1, 0.15) is 0 Å². The maximum absolute atomic E-state index is 7.75. The van der Waals surface area contributed by atoms with Gasteiger partial charge in [0, 0.05) is 65.4 Å². The van der Waals surface area contributed by atoms with Crippen LogP contribution in [0.2, 0.25) is 0 Å². The van der Waals surface area contributed by atoms with Crippen molar-refractivity contribution in [3.63, 3.8) is 0 Å². The summed E-state index contributed by atoms with van der Waals surface area (Å²) >= 11 is 0. The number of hydrogen-bond acceptors (Lipinski definition) is 1. The van der Waals surface area contributed by atoms with E-state index in [9.17, 15) is 0 Å². The molecule has 2 radical (unpaired) electrons. The van der Waals surface area contributed by atoms with Gasteiger partial charge in [-0.05, 0) is 0 Å². The minimum Gasteiger partial charge on any atom is -0.545 e. The standard InChI is InChI=1S/C9H18.CHO.2Y/c1-7(2)9(5,6)8(3)4;1-2;;/h1-6H3;1H;;/q-2;-1;;. The van der Waals surface area contributed by atoms with Crippen LogP contribution in [0, 0.1) is 17.3 Å². The third kappa shape index (κ3) is 10.2. The van der Waals surface area contributed by atoms with Crippen LogP contribution in [0.1, 0.15) is 41.5 Å². The van der Waals surface area contributed by atoms with Crippen LogP contribution >= 0.6 is 0 Å². The molecule has 3 heteroatoms. The summed E-state index contributed by atoms with van der Waals surface area (Å²) in [7, 11) is 0. The van der Waals surface area contributed by atoms with Gasteiger partial charge in [-0.2, -0.15) is 27.7 Å². The summed E-state index contributed by atoms with van der Waals surface area (Å²) in [6.45, 7) is 16.5. The smallest absolute Gasteiger partial charge is 0 e. The topological polar surface area (TPSA) is 17.1 Å². The Kier molecular flexibility index (Phi) is 22.3.